The summed E-state index contributed by atoms with van der Waals surface area (Å²) >= 11 is 12.3. The number of hydrogen-bond donors (Lipinski definition) is 1. The average molecular weight is 288 g/mol. The molecule has 0 bridgehead atoms. The SMILES string of the molecule is Cc1cc(S(=O)(=O)NCCCCl)sc1Cl. The first-order valence-corrected chi connectivity index (χ1v) is 7.50. The van der Waals surface area contributed by atoms with E-state index in [0.717, 1.165) is 16.9 Å². The highest BCUT2D eigenvalue weighted by Crippen LogP contribution is 2.29. The van der Waals surface area contributed by atoms with E-state index in [2.05, 4.69) is 4.72 Å². The molecule has 15 heavy (non-hydrogen) atoms. The smallest absolute Gasteiger partial charge is 0.210 e. The zero-order chi connectivity index (χ0) is 11.5. The third-order valence-corrected chi connectivity index (χ3v) is 5.46. The van der Waals surface area contributed by atoms with Gasteiger partial charge in [0.2, 0.25) is 10.0 Å². The van der Waals surface area contributed by atoms with Gasteiger partial charge in [0.15, 0.2) is 0 Å². The Morgan fingerprint density at radius 3 is 2.67 bits per heavy atom. The van der Waals surface area contributed by atoms with Crippen LogP contribution in [0.2, 0.25) is 4.34 Å². The van der Waals surface area contributed by atoms with Crippen molar-refractivity contribution in [2.24, 2.45) is 0 Å². The molecule has 0 aliphatic carbocycles. The van der Waals surface area contributed by atoms with Crippen molar-refractivity contribution in [3.8, 4) is 0 Å². The number of thiophene rings is 1. The van der Waals surface area contributed by atoms with Gasteiger partial charge in [0.1, 0.15) is 4.21 Å². The van der Waals surface area contributed by atoms with Gasteiger partial charge in [-0.3, -0.25) is 0 Å². The van der Waals surface area contributed by atoms with Gasteiger partial charge >= 0.3 is 0 Å². The molecule has 0 saturated carbocycles. The van der Waals surface area contributed by atoms with Crippen molar-refractivity contribution in [1.29, 1.82) is 0 Å². The summed E-state index contributed by atoms with van der Waals surface area (Å²) in [6.45, 7) is 2.12. The topological polar surface area (TPSA) is 46.2 Å². The normalized spacial score (nSPS) is 11.9. The molecule has 0 atom stereocenters. The van der Waals surface area contributed by atoms with E-state index < -0.39 is 10.0 Å². The van der Waals surface area contributed by atoms with Crippen molar-refractivity contribution < 1.29 is 8.42 Å². The standard InChI is InChI=1S/C8H11Cl2NO2S2/c1-6-5-7(14-8(6)10)15(12,13)11-4-2-3-9/h5,11H,2-4H2,1H3. The van der Waals surface area contributed by atoms with E-state index in [9.17, 15) is 8.42 Å². The third kappa shape index (κ3) is 3.60. The van der Waals surface area contributed by atoms with E-state index in [1.54, 1.807) is 13.0 Å². The van der Waals surface area contributed by atoms with Crippen LogP contribution in [0, 0.1) is 6.92 Å². The number of rotatable bonds is 5. The predicted molar refractivity (Wildman–Crippen MR) is 64.6 cm³/mol. The lowest BCUT2D eigenvalue weighted by Crippen LogP contribution is -2.24. The lowest BCUT2D eigenvalue weighted by atomic mass is 10.4. The Hall–Kier alpha value is 0.190. The van der Waals surface area contributed by atoms with Gasteiger partial charge in [0.25, 0.3) is 0 Å². The zero-order valence-corrected chi connectivity index (χ0v) is 11.2. The van der Waals surface area contributed by atoms with Crippen LogP contribution in [0.5, 0.6) is 0 Å². The predicted octanol–water partition coefficient (Wildman–Crippen LogP) is 2.62. The number of halogens is 2. The summed E-state index contributed by atoms with van der Waals surface area (Å²) in [6, 6.07) is 1.57. The maximum absolute atomic E-state index is 11.7. The van der Waals surface area contributed by atoms with Crippen LogP contribution in [0.1, 0.15) is 12.0 Å². The summed E-state index contributed by atoms with van der Waals surface area (Å²) in [5.41, 5.74) is 0.777. The van der Waals surface area contributed by atoms with Gasteiger partial charge in [0, 0.05) is 12.4 Å². The monoisotopic (exact) mass is 287 g/mol. The van der Waals surface area contributed by atoms with Gasteiger partial charge in [0.05, 0.1) is 4.34 Å². The second kappa shape index (κ2) is 5.50. The first kappa shape index (κ1) is 13.3. The first-order valence-electron chi connectivity index (χ1n) is 4.29. The number of alkyl halides is 1. The molecule has 7 heteroatoms. The third-order valence-electron chi connectivity index (χ3n) is 1.70. The van der Waals surface area contributed by atoms with Crippen LogP contribution >= 0.6 is 34.5 Å². The molecule has 1 rings (SSSR count). The van der Waals surface area contributed by atoms with Gasteiger partial charge in [-0.25, -0.2) is 13.1 Å². The minimum Gasteiger partial charge on any atom is -0.210 e. The van der Waals surface area contributed by atoms with Crippen molar-refractivity contribution >= 4 is 44.6 Å². The van der Waals surface area contributed by atoms with Crippen molar-refractivity contribution in [2.75, 3.05) is 12.4 Å². The highest BCUT2D eigenvalue weighted by Gasteiger charge is 2.17. The second-order valence-electron chi connectivity index (χ2n) is 2.96. The first-order chi connectivity index (χ1) is 6.97. The van der Waals surface area contributed by atoms with Crippen molar-refractivity contribution in [2.45, 2.75) is 17.6 Å². The molecule has 0 radical (unpaired) electrons. The quantitative estimate of drug-likeness (QED) is 0.668. The molecule has 1 heterocycles. The Bertz CT molecular complexity index is 408. The molecule has 0 spiro atoms. The minimum absolute atomic E-state index is 0.250. The summed E-state index contributed by atoms with van der Waals surface area (Å²) in [6.07, 6.45) is 0.610. The van der Waals surface area contributed by atoms with Crippen molar-refractivity contribution in [3.05, 3.63) is 16.0 Å². The maximum atomic E-state index is 11.7. The zero-order valence-electron chi connectivity index (χ0n) is 8.09. The molecule has 1 aromatic heterocycles. The lowest BCUT2D eigenvalue weighted by molar-refractivity contribution is 0.583. The van der Waals surface area contributed by atoms with Crippen LogP contribution in [0.25, 0.3) is 0 Å². The van der Waals surface area contributed by atoms with Crippen molar-refractivity contribution in [1.82, 2.24) is 4.72 Å². The van der Waals surface area contributed by atoms with E-state index >= 15 is 0 Å². The maximum Gasteiger partial charge on any atom is 0.250 e. The highest BCUT2D eigenvalue weighted by atomic mass is 35.5. The average Bonchev–Trinajstić information content (AvgIpc) is 2.48. The van der Waals surface area contributed by atoms with Crippen LogP contribution < -0.4 is 4.72 Å². The van der Waals surface area contributed by atoms with Gasteiger partial charge < -0.3 is 0 Å². The Morgan fingerprint density at radius 1 is 1.53 bits per heavy atom. The molecule has 0 fully saturated rings. The molecular formula is C8H11Cl2NO2S2. The van der Waals surface area contributed by atoms with E-state index in [4.69, 9.17) is 23.2 Å². The van der Waals surface area contributed by atoms with E-state index in [1.165, 1.54) is 0 Å². The molecule has 0 amide bonds. The lowest BCUT2D eigenvalue weighted by Gasteiger charge is -2.02. The molecule has 0 unspecified atom stereocenters. The number of nitrogens with one attached hydrogen (secondary N) is 1. The molecule has 1 aromatic rings. The Balaban J connectivity index is 2.77. The van der Waals surface area contributed by atoms with Crippen LogP contribution in [-0.2, 0) is 10.0 Å². The molecule has 1 N–H and O–H groups in total. The van der Waals surface area contributed by atoms with Gasteiger partial charge in [-0.2, -0.15) is 0 Å². The molecule has 0 aromatic carbocycles. The number of aryl methyl sites for hydroxylation is 1. The van der Waals surface area contributed by atoms with E-state index in [1.807, 2.05) is 0 Å². The molecule has 86 valence electrons. The molecule has 0 saturated heterocycles. The van der Waals surface area contributed by atoms with Crippen LogP contribution in [0.3, 0.4) is 0 Å². The van der Waals surface area contributed by atoms with Crippen LogP contribution in [-0.4, -0.2) is 20.8 Å². The van der Waals surface area contributed by atoms with Crippen molar-refractivity contribution in [3.63, 3.8) is 0 Å². The number of sulfonamides is 1. The molecule has 3 nitrogen and oxygen atoms in total. The minimum atomic E-state index is -3.41. The molecule has 0 aliphatic rings. The van der Waals surface area contributed by atoms with Gasteiger partial charge in [-0.1, -0.05) is 11.6 Å². The molecular weight excluding hydrogens is 277 g/mol. The van der Waals surface area contributed by atoms with Gasteiger partial charge in [-0.05, 0) is 25.0 Å². The largest absolute Gasteiger partial charge is 0.250 e. The van der Waals surface area contributed by atoms with E-state index in [0.29, 0.717) is 23.2 Å². The Labute approximate surface area is 103 Å². The Kier molecular flexibility index (Phi) is 4.86. The molecule has 0 aliphatic heterocycles. The fraction of sp³-hybridized carbons (Fsp3) is 0.500. The summed E-state index contributed by atoms with van der Waals surface area (Å²) in [5, 5.41) is 0. The summed E-state index contributed by atoms with van der Waals surface area (Å²) in [7, 11) is -3.41. The van der Waals surface area contributed by atoms with Crippen LogP contribution in [0.4, 0.5) is 0 Å². The summed E-state index contributed by atoms with van der Waals surface area (Å²) in [5.74, 6) is 0.437. The van der Waals surface area contributed by atoms with E-state index in [-0.39, 0.29) is 4.21 Å². The second-order valence-corrected chi connectivity index (χ2v) is 6.99. The highest BCUT2D eigenvalue weighted by molar-refractivity contribution is 7.91. The van der Waals surface area contributed by atoms with Gasteiger partial charge in [-0.15, -0.1) is 22.9 Å². The Morgan fingerprint density at radius 2 is 2.20 bits per heavy atom. The van der Waals surface area contributed by atoms with Crippen LogP contribution in [0.15, 0.2) is 10.3 Å². The fourth-order valence-corrected chi connectivity index (χ4v) is 3.87. The summed E-state index contributed by atoms with van der Waals surface area (Å²) < 4.78 is 26.6. The number of hydrogen-bond acceptors (Lipinski definition) is 3. The summed E-state index contributed by atoms with van der Waals surface area (Å²) in [4.78, 5) is 0. The fourth-order valence-electron chi connectivity index (χ4n) is 0.909.